The molecule has 2 radical (unpaired) electrons. The summed E-state index contributed by atoms with van der Waals surface area (Å²) in [4.78, 5) is 17.1. The Morgan fingerprint density at radius 3 is 2.52 bits per heavy atom. The van der Waals surface area contributed by atoms with Gasteiger partial charge in [0, 0.05) is 0 Å². The van der Waals surface area contributed by atoms with E-state index in [-0.39, 0.29) is 36.9 Å². The third-order valence-corrected chi connectivity index (χ3v) is 7.94. The molecule has 31 heavy (non-hydrogen) atoms. The van der Waals surface area contributed by atoms with Gasteiger partial charge in [-0.05, 0) is 30.6 Å². The van der Waals surface area contributed by atoms with Crippen molar-refractivity contribution in [2.75, 3.05) is 26.3 Å². The Kier molecular flexibility index (Phi) is 13.1. The first-order chi connectivity index (χ1) is 15.0. The van der Waals surface area contributed by atoms with Gasteiger partial charge in [-0.1, -0.05) is 41.5 Å². The molecule has 1 aliphatic rings. The number of ether oxygens (including phenoxy) is 2. The minimum absolute atomic E-state index is 0.0504. The molecule has 0 aromatic rings. The van der Waals surface area contributed by atoms with Crippen LogP contribution in [0.3, 0.4) is 0 Å². The molecular weight excluding hydrogens is 451 g/mol. The van der Waals surface area contributed by atoms with Crippen LogP contribution >= 0.6 is 0 Å². The van der Waals surface area contributed by atoms with E-state index in [1.54, 1.807) is 0 Å². The molecule has 9 heteroatoms. The van der Waals surface area contributed by atoms with E-state index >= 15 is 0 Å². The van der Waals surface area contributed by atoms with Crippen molar-refractivity contribution < 1.29 is 42.1 Å². The van der Waals surface area contributed by atoms with Crippen molar-refractivity contribution >= 4 is 15.7 Å². The van der Waals surface area contributed by atoms with Gasteiger partial charge in [-0.3, -0.25) is 0 Å². The van der Waals surface area contributed by atoms with E-state index in [0.29, 0.717) is 46.4 Å². The summed E-state index contributed by atoms with van der Waals surface area (Å²) in [6.07, 6.45) is 0.560. The summed E-state index contributed by atoms with van der Waals surface area (Å²) in [5.41, 5.74) is -0.152. The summed E-state index contributed by atoms with van der Waals surface area (Å²) < 4.78 is 28.8. The van der Waals surface area contributed by atoms with E-state index in [4.69, 9.17) is 20.1 Å². The normalized spacial score (nSPS) is 25.8. The molecule has 1 fully saturated rings. The SMILES string of the molecule is [3H]C1CC(OCC(=O)NCCC[Si]OC(C)(C(C)C(C)C)C(C)C(C)C)C(CO[N]=[V])O1. The number of hydrogen-bond acceptors (Lipinski definition) is 6. The minimum atomic E-state index is -0.661. The van der Waals surface area contributed by atoms with Crippen molar-refractivity contribution in [1.82, 2.24) is 5.32 Å². The molecule has 5 unspecified atom stereocenters. The van der Waals surface area contributed by atoms with Crippen molar-refractivity contribution in [2.45, 2.75) is 85.2 Å². The maximum atomic E-state index is 12.1. The first-order valence-electron chi connectivity index (χ1n) is 11.9. The summed E-state index contributed by atoms with van der Waals surface area (Å²) >= 11 is 1.97. The van der Waals surface area contributed by atoms with E-state index in [0.717, 1.165) is 12.5 Å². The van der Waals surface area contributed by atoms with Gasteiger partial charge in [0.2, 0.25) is 9.76 Å². The van der Waals surface area contributed by atoms with Crippen LogP contribution in [-0.2, 0) is 40.8 Å². The second-order valence-corrected chi connectivity index (χ2v) is 10.5. The predicted molar refractivity (Wildman–Crippen MR) is 118 cm³/mol. The molecular formula is C22H42N2O5SiV. The van der Waals surface area contributed by atoms with E-state index in [9.17, 15) is 4.79 Å². The molecule has 1 saturated heterocycles. The number of carbonyl (C=O) groups is 1. The van der Waals surface area contributed by atoms with E-state index < -0.39 is 6.58 Å². The van der Waals surface area contributed by atoms with Gasteiger partial charge in [0.25, 0.3) is 0 Å². The summed E-state index contributed by atoms with van der Waals surface area (Å²) in [5, 5.41) is 2.90. The van der Waals surface area contributed by atoms with E-state index in [2.05, 4.69) is 57.7 Å². The summed E-state index contributed by atoms with van der Waals surface area (Å²) in [6, 6.07) is 0.918. The molecule has 1 heterocycles. The molecule has 0 spiro atoms. The van der Waals surface area contributed by atoms with Crippen LogP contribution in [0.1, 0.15) is 62.7 Å². The van der Waals surface area contributed by atoms with Crippen LogP contribution in [0.4, 0.5) is 0 Å². The molecule has 7 nitrogen and oxygen atoms in total. The van der Waals surface area contributed by atoms with Crippen LogP contribution in [0.15, 0.2) is 3.95 Å². The van der Waals surface area contributed by atoms with Crippen LogP contribution in [0.25, 0.3) is 0 Å². The van der Waals surface area contributed by atoms with Gasteiger partial charge in [-0.15, -0.1) is 0 Å². The topological polar surface area (TPSA) is 78.4 Å². The van der Waals surface area contributed by atoms with Crippen molar-refractivity contribution in [3.8, 4) is 0 Å². The standard InChI is InChI=1S/C22H42N2O5Si.V/c1-15(2)17(5)22(7,18(6)16(3)4)29-30-12-8-10-24-21(25)14-27-19-9-11-26-20(19)13-28-23;/h15-20H,8-14H2,1-7H3,(H,24,25);/i11T;. The second-order valence-electron chi connectivity index (χ2n) is 9.25. The van der Waals surface area contributed by atoms with Gasteiger partial charge < -0.3 is 4.43 Å². The van der Waals surface area contributed by atoms with Crippen LogP contribution in [0.2, 0.25) is 6.04 Å². The van der Waals surface area contributed by atoms with E-state index in [1.165, 1.54) is 0 Å². The summed E-state index contributed by atoms with van der Waals surface area (Å²) in [5.74, 6) is 1.88. The fraction of sp³-hybridized carbons (Fsp3) is 0.955. The van der Waals surface area contributed by atoms with Gasteiger partial charge in [0.15, 0.2) is 0 Å². The average Bonchev–Trinajstić information content (AvgIpc) is 3.10. The fourth-order valence-electron chi connectivity index (χ4n) is 3.70. The first kappa shape index (κ1) is 27.2. The number of nitrogens with zero attached hydrogens (tertiary/aromatic N) is 1. The zero-order valence-electron chi connectivity index (χ0n) is 21.2. The average molecular weight is 496 g/mol. The van der Waals surface area contributed by atoms with Crippen molar-refractivity contribution in [3.05, 3.63) is 0 Å². The maximum absolute atomic E-state index is 12.1. The Balaban J connectivity index is 2.31. The Hall–Kier alpha value is -0.0887. The molecule has 0 aromatic carbocycles. The Labute approximate surface area is 202 Å². The third kappa shape index (κ3) is 9.74. The van der Waals surface area contributed by atoms with Gasteiger partial charge in [0.05, 0.1) is 5.60 Å². The zero-order chi connectivity index (χ0) is 24.3. The molecule has 1 amide bonds. The first-order valence-corrected chi connectivity index (χ1v) is 13.1. The molecule has 1 aliphatic heterocycles. The number of nitrogens with one attached hydrogen (secondary N) is 1. The van der Waals surface area contributed by atoms with Gasteiger partial charge >= 0.3 is 110 Å². The van der Waals surface area contributed by atoms with Crippen molar-refractivity contribution in [1.29, 1.82) is 0 Å². The third-order valence-electron chi connectivity index (χ3n) is 6.62. The Morgan fingerprint density at radius 1 is 1.29 bits per heavy atom. The van der Waals surface area contributed by atoms with Crippen LogP contribution in [0, 0.1) is 23.7 Å². The number of hydrogen-bond donors (Lipinski definition) is 1. The molecule has 0 saturated carbocycles. The Bertz CT molecular complexity index is 558. The van der Waals surface area contributed by atoms with Crippen LogP contribution in [-0.4, -0.2) is 59.8 Å². The molecule has 0 aromatic heterocycles. The molecule has 179 valence electrons. The predicted octanol–water partition coefficient (Wildman–Crippen LogP) is 3.73. The van der Waals surface area contributed by atoms with Crippen LogP contribution in [0.5, 0.6) is 0 Å². The molecule has 1 rings (SSSR count). The van der Waals surface area contributed by atoms with Crippen LogP contribution < -0.4 is 5.32 Å². The number of amides is 1. The molecule has 0 bridgehead atoms. The quantitative estimate of drug-likeness (QED) is 0.201. The number of carbonyl (C=O) groups excluding carboxylic acids is 1. The van der Waals surface area contributed by atoms with Gasteiger partial charge in [0.1, 0.15) is 0 Å². The van der Waals surface area contributed by atoms with Crippen molar-refractivity contribution in [2.24, 2.45) is 27.6 Å². The fourth-order valence-corrected chi connectivity index (χ4v) is 4.91. The van der Waals surface area contributed by atoms with Gasteiger partial charge in [-0.2, -0.15) is 0 Å². The van der Waals surface area contributed by atoms with E-state index in [1.807, 2.05) is 17.2 Å². The molecule has 0 aliphatic carbocycles. The number of rotatable bonds is 16. The van der Waals surface area contributed by atoms with Crippen molar-refractivity contribution in [3.63, 3.8) is 0 Å². The monoisotopic (exact) mass is 495 g/mol. The zero-order valence-corrected chi connectivity index (χ0v) is 22.6. The summed E-state index contributed by atoms with van der Waals surface area (Å²) in [7, 11) is 0.413. The molecule has 5 atom stereocenters. The molecule has 1 N–H and O–H groups in total. The Morgan fingerprint density at radius 2 is 1.94 bits per heavy atom. The van der Waals surface area contributed by atoms with Gasteiger partial charge in [-0.25, -0.2) is 0 Å². The second kappa shape index (κ2) is 14.9. The summed E-state index contributed by atoms with van der Waals surface area (Å²) in [6.45, 7) is 16.0.